The molecule has 3 atom stereocenters. The van der Waals surface area contributed by atoms with Gasteiger partial charge < -0.3 is 5.11 Å². The molecule has 0 aromatic carbocycles. The van der Waals surface area contributed by atoms with E-state index >= 15 is 0 Å². The predicted molar refractivity (Wildman–Crippen MR) is 72.2 cm³/mol. The molecule has 2 bridgehead atoms. The van der Waals surface area contributed by atoms with Gasteiger partial charge in [-0.25, -0.2) is 0 Å². The van der Waals surface area contributed by atoms with Gasteiger partial charge in [-0.3, -0.25) is 0 Å². The van der Waals surface area contributed by atoms with Gasteiger partial charge in [-0.05, 0) is 58.4 Å². The van der Waals surface area contributed by atoms with Crippen LogP contribution in [0.2, 0.25) is 0 Å². The summed E-state index contributed by atoms with van der Waals surface area (Å²) in [6.07, 6.45) is 4.54. The first kappa shape index (κ1) is 11.7. The van der Waals surface area contributed by atoms with Gasteiger partial charge in [0.1, 0.15) is 0 Å². The van der Waals surface area contributed by atoms with Crippen molar-refractivity contribution in [3.05, 3.63) is 22.4 Å². The molecule has 0 amide bonds. The molecule has 17 heavy (non-hydrogen) atoms. The Morgan fingerprint density at radius 3 is 2.71 bits per heavy atom. The maximum Gasteiger partial charge on any atom is 0.0794 e. The third-order valence-corrected chi connectivity index (χ3v) is 6.60. The van der Waals surface area contributed by atoms with Gasteiger partial charge in [0.15, 0.2) is 0 Å². The highest BCUT2D eigenvalue weighted by molar-refractivity contribution is 7.07. The topological polar surface area (TPSA) is 20.2 Å². The van der Waals surface area contributed by atoms with Crippen LogP contribution < -0.4 is 0 Å². The summed E-state index contributed by atoms with van der Waals surface area (Å²) in [4.78, 5) is 0. The van der Waals surface area contributed by atoms with E-state index in [1.165, 1.54) is 24.8 Å². The molecule has 2 heteroatoms. The first-order chi connectivity index (χ1) is 7.89. The lowest BCUT2D eigenvalue weighted by atomic mass is 9.58. The van der Waals surface area contributed by atoms with Crippen molar-refractivity contribution in [2.24, 2.45) is 16.7 Å². The molecule has 0 radical (unpaired) electrons. The summed E-state index contributed by atoms with van der Waals surface area (Å²) in [5.41, 5.74) is 0.967. The number of hydrogen-bond donors (Lipinski definition) is 1. The molecule has 2 fully saturated rings. The first-order valence-electron chi connectivity index (χ1n) is 6.63. The number of aliphatic hydroxyl groups is 1. The summed E-state index contributed by atoms with van der Waals surface area (Å²) in [5, 5.41) is 15.6. The van der Waals surface area contributed by atoms with Crippen molar-refractivity contribution in [1.29, 1.82) is 0 Å². The summed E-state index contributed by atoms with van der Waals surface area (Å²) in [6, 6.07) is 2.16. The van der Waals surface area contributed by atoms with Gasteiger partial charge >= 0.3 is 0 Å². The summed E-state index contributed by atoms with van der Waals surface area (Å²) >= 11 is 1.73. The van der Waals surface area contributed by atoms with Gasteiger partial charge in [0, 0.05) is 6.42 Å². The summed E-state index contributed by atoms with van der Waals surface area (Å²) < 4.78 is 0. The van der Waals surface area contributed by atoms with E-state index < -0.39 is 5.60 Å². The quantitative estimate of drug-likeness (QED) is 0.845. The third-order valence-electron chi connectivity index (χ3n) is 5.87. The molecule has 1 aromatic heterocycles. The van der Waals surface area contributed by atoms with E-state index in [0.717, 1.165) is 6.42 Å². The van der Waals surface area contributed by atoms with Crippen molar-refractivity contribution < 1.29 is 5.11 Å². The van der Waals surface area contributed by atoms with Crippen LogP contribution in [0.3, 0.4) is 0 Å². The minimum atomic E-state index is -0.524. The van der Waals surface area contributed by atoms with Crippen molar-refractivity contribution >= 4 is 11.3 Å². The molecule has 1 nitrogen and oxygen atoms in total. The fourth-order valence-corrected chi connectivity index (χ4v) is 5.15. The number of fused-ring (bicyclic) bond motifs is 2. The molecular weight excluding hydrogens is 228 g/mol. The predicted octanol–water partition coefficient (Wildman–Crippen LogP) is 3.87. The number of thiophene rings is 1. The van der Waals surface area contributed by atoms with Gasteiger partial charge in [-0.1, -0.05) is 20.8 Å². The minimum Gasteiger partial charge on any atom is -0.388 e. The maximum absolute atomic E-state index is 11.3. The van der Waals surface area contributed by atoms with Crippen LogP contribution >= 0.6 is 11.3 Å². The standard InChI is InChI=1S/C15H22OS/c1-13(2)12-4-6-14(3,9-12)15(13,16)8-11-5-7-17-10-11/h5,7,10,12,16H,4,6,8-9H2,1-3H3. The summed E-state index contributed by atoms with van der Waals surface area (Å²) in [6.45, 7) is 6.84. The largest absolute Gasteiger partial charge is 0.388 e. The van der Waals surface area contributed by atoms with Crippen LogP contribution in [0.4, 0.5) is 0 Å². The Hall–Kier alpha value is -0.340. The van der Waals surface area contributed by atoms with Gasteiger partial charge in [0.2, 0.25) is 0 Å². The Bertz CT molecular complexity index is 415. The van der Waals surface area contributed by atoms with Crippen molar-refractivity contribution in [2.45, 2.75) is 52.1 Å². The Morgan fingerprint density at radius 2 is 2.18 bits per heavy atom. The Labute approximate surface area is 108 Å². The lowest BCUT2D eigenvalue weighted by Gasteiger charge is -2.51. The van der Waals surface area contributed by atoms with E-state index in [-0.39, 0.29) is 10.8 Å². The van der Waals surface area contributed by atoms with Crippen LogP contribution in [0, 0.1) is 16.7 Å². The second-order valence-electron chi connectivity index (χ2n) is 6.89. The van der Waals surface area contributed by atoms with E-state index in [9.17, 15) is 5.11 Å². The zero-order valence-electron chi connectivity index (χ0n) is 11.0. The molecule has 1 aromatic rings. The van der Waals surface area contributed by atoms with E-state index in [4.69, 9.17) is 0 Å². The van der Waals surface area contributed by atoms with Crippen LogP contribution in [0.1, 0.15) is 45.6 Å². The maximum atomic E-state index is 11.3. The average Bonchev–Trinajstić information content (AvgIpc) is 2.89. The van der Waals surface area contributed by atoms with Crippen LogP contribution in [-0.2, 0) is 6.42 Å². The molecular formula is C15H22OS. The monoisotopic (exact) mass is 250 g/mol. The lowest BCUT2D eigenvalue weighted by molar-refractivity contribution is -0.141. The van der Waals surface area contributed by atoms with E-state index in [2.05, 4.69) is 37.6 Å². The zero-order chi connectivity index (χ0) is 12.3. The fourth-order valence-electron chi connectivity index (χ4n) is 4.48. The smallest absolute Gasteiger partial charge is 0.0794 e. The van der Waals surface area contributed by atoms with Gasteiger partial charge in [0.25, 0.3) is 0 Å². The molecule has 0 spiro atoms. The average molecular weight is 250 g/mol. The van der Waals surface area contributed by atoms with Crippen LogP contribution in [-0.4, -0.2) is 10.7 Å². The molecule has 0 aliphatic heterocycles. The molecule has 3 rings (SSSR count). The zero-order valence-corrected chi connectivity index (χ0v) is 11.8. The third kappa shape index (κ3) is 1.34. The molecule has 2 saturated carbocycles. The van der Waals surface area contributed by atoms with Crippen LogP contribution in [0.15, 0.2) is 16.8 Å². The van der Waals surface area contributed by atoms with Crippen molar-refractivity contribution in [3.63, 3.8) is 0 Å². The molecule has 1 heterocycles. The highest BCUT2D eigenvalue weighted by atomic mass is 32.1. The van der Waals surface area contributed by atoms with Crippen LogP contribution in [0.5, 0.6) is 0 Å². The van der Waals surface area contributed by atoms with E-state index in [1.54, 1.807) is 11.3 Å². The molecule has 2 aliphatic rings. The lowest BCUT2D eigenvalue weighted by Crippen LogP contribution is -2.55. The second-order valence-corrected chi connectivity index (χ2v) is 7.67. The molecule has 94 valence electrons. The number of rotatable bonds is 2. The van der Waals surface area contributed by atoms with Crippen molar-refractivity contribution in [2.75, 3.05) is 0 Å². The molecule has 1 N–H and O–H groups in total. The summed E-state index contributed by atoms with van der Waals surface area (Å²) in [7, 11) is 0. The Morgan fingerprint density at radius 1 is 1.41 bits per heavy atom. The van der Waals surface area contributed by atoms with Crippen molar-refractivity contribution in [1.82, 2.24) is 0 Å². The highest BCUT2D eigenvalue weighted by Gasteiger charge is 2.67. The van der Waals surface area contributed by atoms with Gasteiger partial charge in [0.05, 0.1) is 5.60 Å². The number of hydrogen-bond acceptors (Lipinski definition) is 2. The second kappa shape index (κ2) is 3.36. The van der Waals surface area contributed by atoms with Gasteiger partial charge in [-0.15, -0.1) is 0 Å². The molecule has 2 aliphatic carbocycles. The van der Waals surface area contributed by atoms with Crippen molar-refractivity contribution in [3.8, 4) is 0 Å². The van der Waals surface area contributed by atoms with Crippen LogP contribution in [0.25, 0.3) is 0 Å². The van der Waals surface area contributed by atoms with Gasteiger partial charge in [-0.2, -0.15) is 11.3 Å². The Kier molecular flexibility index (Phi) is 2.32. The Balaban J connectivity index is 1.99. The minimum absolute atomic E-state index is 0.0575. The highest BCUT2D eigenvalue weighted by Crippen LogP contribution is 2.68. The molecule has 3 unspecified atom stereocenters. The first-order valence-corrected chi connectivity index (χ1v) is 7.57. The summed E-state index contributed by atoms with van der Waals surface area (Å²) in [5.74, 6) is 0.705. The fraction of sp³-hybridized carbons (Fsp3) is 0.733. The van der Waals surface area contributed by atoms with E-state index in [0.29, 0.717) is 5.92 Å². The SMILES string of the molecule is CC12CCC(C1)C(C)(C)C2(O)Cc1ccsc1. The normalized spacial score (nSPS) is 43.2. The molecule has 0 saturated heterocycles. The van der Waals surface area contributed by atoms with E-state index in [1.807, 2.05) is 0 Å².